The van der Waals surface area contributed by atoms with Gasteiger partial charge in [0.1, 0.15) is 22.5 Å². The summed E-state index contributed by atoms with van der Waals surface area (Å²) < 4.78 is 26.3. The fourth-order valence-electron chi connectivity index (χ4n) is 1.44. The Morgan fingerprint density at radius 2 is 2.05 bits per heavy atom. The highest BCUT2D eigenvalue weighted by Crippen LogP contribution is 2.30. The number of nitrogens with zero attached hydrogens (tertiary/aromatic N) is 2. The van der Waals surface area contributed by atoms with Gasteiger partial charge in [-0.2, -0.15) is 4.98 Å². The van der Waals surface area contributed by atoms with Crippen molar-refractivity contribution in [1.82, 2.24) is 9.97 Å². The third-order valence-electron chi connectivity index (χ3n) is 2.19. The molecule has 0 radical (unpaired) electrons. The number of halogens is 2. The summed E-state index contributed by atoms with van der Waals surface area (Å²) in [6, 6.07) is 5.05. The zero-order valence-electron chi connectivity index (χ0n) is 10.2. The molecule has 1 aromatic heterocycles. The van der Waals surface area contributed by atoms with E-state index in [2.05, 4.69) is 15.3 Å². The fraction of sp³-hybridized carbons (Fsp3) is 0.167. The van der Waals surface area contributed by atoms with Crippen LogP contribution in [0.15, 0.2) is 34.2 Å². The molecule has 0 aliphatic carbocycles. The third-order valence-corrected chi connectivity index (χ3v) is 3.16. The molecule has 0 aliphatic rings. The topological polar surface area (TPSA) is 63.8 Å². The second kappa shape index (κ2) is 5.83. The number of hydrogen-bond acceptors (Lipinski definition) is 5. The zero-order chi connectivity index (χ0) is 13.8. The van der Waals surface area contributed by atoms with E-state index >= 15 is 0 Å². The molecule has 19 heavy (non-hydrogen) atoms. The van der Waals surface area contributed by atoms with Gasteiger partial charge in [-0.05, 0) is 19.1 Å². The van der Waals surface area contributed by atoms with Crippen molar-refractivity contribution in [2.24, 2.45) is 0 Å². The van der Waals surface area contributed by atoms with E-state index in [1.807, 2.05) is 6.92 Å². The highest BCUT2D eigenvalue weighted by Gasteiger charge is 2.08. The van der Waals surface area contributed by atoms with Gasteiger partial charge in [0.25, 0.3) is 0 Å². The largest absolute Gasteiger partial charge is 0.370 e. The van der Waals surface area contributed by atoms with Gasteiger partial charge >= 0.3 is 0 Å². The average molecular weight is 282 g/mol. The summed E-state index contributed by atoms with van der Waals surface area (Å²) in [4.78, 5) is 8.27. The molecule has 0 amide bonds. The maximum Gasteiger partial charge on any atom is 0.223 e. The van der Waals surface area contributed by atoms with Gasteiger partial charge in [0.15, 0.2) is 0 Å². The van der Waals surface area contributed by atoms with Crippen molar-refractivity contribution in [3.05, 3.63) is 35.9 Å². The molecule has 100 valence electrons. The summed E-state index contributed by atoms with van der Waals surface area (Å²) in [7, 11) is 0. The second-order valence-electron chi connectivity index (χ2n) is 3.66. The van der Waals surface area contributed by atoms with Crippen LogP contribution in [0.25, 0.3) is 0 Å². The number of benzene rings is 1. The molecule has 0 aliphatic heterocycles. The molecular formula is C12H12F2N4S. The Balaban J connectivity index is 2.27. The van der Waals surface area contributed by atoms with Crippen LogP contribution >= 0.6 is 11.8 Å². The average Bonchev–Trinajstić information content (AvgIpc) is 2.32. The summed E-state index contributed by atoms with van der Waals surface area (Å²) in [5, 5.41) is 3.49. The van der Waals surface area contributed by atoms with Crippen LogP contribution in [0.5, 0.6) is 0 Å². The SMILES string of the molecule is CCNc1cc(Sc2ccc(F)cc2F)nc(N)n1. The van der Waals surface area contributed by atoms with Gasteiger partial charge in [-0.1, -0.05) is 11.8 Å². The van der Waals surface area contributed by atoms with Crippen molar-refractivity contribution in [3.63, 3.8) is 0 Å². The lowest BCUT2D eigenvalue weighted by molar-refractivity contribution is 0.565. The number of nitrogen functional groups attached to an aromatic ring is 1. The van der Waals surface area contributed by atoms with E-state index in [4.69, 9.17) is 5.73 Å². The molecule has 1 heterocycles. The second-order valence-corrected chi connectivity index (χ2v) is 4.72. The molecule has 1 aromatic carbocycles. The van der Waals surface area contributed by atoms with Crippen molar-refractivity contribution in [3.8, 4) is 0 Å². The lowest BCUT2D eigenvalue weighted by Crippen LogP contribution is -2.03. The van der Waals surface area contributed by atoms with E-state index in [0.29, 0.717) is 17.4 Å². The maximum absolute atomic E-state index is 13.5. The maximum atomic E-state index is 13.5. The Kier molecular flexibility index (Phi) is 4.16. The Labute approximate surface area is 113 Å². The molecule has 0 atom stereocenters. The Bertz CT molecular complexity index is 592. The van der Waals surface area contributed by atoms with Gasteiger partial charge in [-0.25, -0.2) is 13.8 Å². The standard InChI is InChI=1S/C12H12F2N4S/c1-2-16-10-6-11(18-12(15)17-10)19-9-4-3-7(13)5-8(9)14/h3-6H,2H2,1H3,(H3,15,16,17,18). The first-order chi connectivity index (χ1) is 9.08. The van der Waals surface area contributed by atoms with Gasteiger partial charge in [0.2, 0.25) is 5.95 Å². The summed E-state index contributed by atoms with van der Waals surface area (Å²) in [6.07, 6.45) is 0. The quantitative estimate of drug-likeness (QED) is 0.844. The van der Waals surface area contributed by atoms with Crippen LogP contribution in [0.4, 0.5) is 20.5 Å². The van der Waals surface area contributed by atoms with Crippen molar-refractivity contribution < 1.29 is 8.78 Å². The first kappa shape index (κ1) is 13.5. The third kappa shape index (κ3) is 3.54. The van der Waals surface area contributed by atoms with E-state index in [9.17, 15) is 8.78 Å². The minimum Gasteiger partial charge on any atom is -0.370 e. The smallest absolute Gasteiger partial charge is 0.223 e. The van der Waals surface area contributed by atoms with E-state index in [1.54, 1.807) is 6.07 Å². The summed E-state index contributed by atoms with van der Waals surface area (Å²) in [5.74, 6) is -0.576. The lowest BCUT2D eigenvalue weighted by atomic mass is 10.3. The van der Waals surface area contributed by atoms with Crippen LogP contribution in [0, 0.1) is 11.6 Å². The Morgan fingerprint density at radius 3 is 2.74 bits per heavy atom. The van der Waals surface area contributed by atoms with Crippen LogP contribution in [-0.4, -0.2) is 16.5 Å². The van der Waals surface area contributed by atoms with E-state index in [0.717, 1.165) is 17.8 Å². The monoisotopic (exact) mass is 282 g/mol. The fourth-order valence-corrected chi connectivity index (χ4v) is 2.26. The molecule has 0 unspecified atom stereocenters. The molecular weight excluding hydrogens is 270 g/mol. The van der Waals surface area contributed by atoms with Gasteiger partial charge in [0, 0.05) is 23.6 Å². The Hall–Kier alpha value is -1.89. The van der Waals surface area contributed by atoms with Gasteiger partial charge in [-0.15, -0.1) is 0 Å². The lowest BCUT2D eigenvalue weighted by Gasteiger charge is -2.07. The van der Waals surface area contributed by atoms with Crippen molar-refractivity contribution >= 4 is 23.5 Å². The van der Waals surface area contributed by atoms with Crippen molar-refractivity contribution in [2.75, 3.05) is 17.6 Å². The number of rotatable bonds is 4. The van der Waals surface area contributed by atoms with Crippen LogP contribution in [0.3, 0.4) is 0 Å². The molecule has 0 saturated heterocycles. The predicted octanol–water partition coefficient (Wildman–Crippen LogP) is 2.92. The van der Waals surface area contributed by atoms with Crippen molar-refractivity contribution in [2.45, 2.75) is 16.8 Å². The minimum atomic E-state index is -0.632. The van der Waals surface area contributed by atoms with E-state index < -0.39 is 11.6 Å². The number of nitrogens with one attached hydrogen (secondary N) is 1. The van der Waals surface area contributed by atoms with Crippen molar-refractivity contribution in [1.29, 1.82) is 0 Å². The molecule has 0 saturated carbocycles. The van der Waals surface area contributed by atoms with Crippen LogP contribution in [0.2, 0.25) is 0 Å². The molecule has 4 nitrogen and oxygen atoms in total. The number of hydrogen-bond donors (Lipinski definition) is 2. The summed E-state index contributed by atoms with van der Waals surface area (Å²) in [5.41, 5.74) is 5.58. The molecule has 7 heteroatoms. The highest BCUT2D eigenvalue weighted by molar-refractivity contribution is 7.99. The molecule has 2 aromatic rings. The Morgan fingerprint density at radius 1 is 1.26 bits per heavy atom. The van der Waals surface area contributed by atoms with Gasteiger partial charge in [0.05, 0.1) is 0 Å². The molecule has 2 rings (SSSR count). The van der Waals surface area contributed by atoms with Crippen LogP contribution < -0.4 is 11.1 Å². The number of nitrogens with two attached hydrogens (primary N) is 1. The first-order valence-corrected chi connectivity index (χ1v) is 6.41. The summed E-state index contributed by atoms with van der Waals surface area (Å²) >= 11 is 1.06. The predicted molar refractivity (Wildman–Crippen MR) is 71.1 cm³/mol. The van der Waals surface area contributed by atoms with Gasteiger partial charge in [-0.3, -0.25) is 0 Å². The highest BCUT2D eigenvalue weighted by atomic mass is 32.2. The molecule has 3 N–H and O–H groups in total. The van der Waals surface area contributed by atoms with Gasteiger partial charge < -0.3 is 11.1 Å². The number of aromatic nitrogens is 2. The molecule has 0 spiro atoms. The molecule has 0 bridgehead atoms. The molecule has 0 fully saturated rings. The van der Waals surface area contributed by atoms with Crippen LogP contribution in [-0.2, 0) is 0 Å². The minimum absolute atomic E-state index is 0.100. The normalized spacial score (nSPS) is 10.5. The summed E-state index contributed by atoms with van der Waals surface area (Å²) in [6.45, 7) is 2.61. The zero-order valence-corrected chi connectivity index (χ0v) is 11.0. The van der Waals surface area contributed by atoms with Crippen LogP contribution in [0.1, 0.15) is 6.92 Å². The van der Waals surface area contributed by atoms with E-state index in [-0.39, 0.29) is 10.8 Å². The van der Waals surface area contributed by atoms with E-state index in [1.165, 1.54) is 12.1 Å². The number of anilines is 2. The first-order valence-electron chi connectivity index (χ1n) is 5.60.